The summed E-state index contributed by atoms with van der Waals surface area (Å²) in [5.41, 5.74) is 3.73. The van der Waals surface area contributed by atoms with E-state index in [0.717, 1.165) is 28.9 Å². The molecule has 1 amide bonds. The number of carbonyl (C=O) groups is 1. The molecule has 2 N–H and O–H groups in total. The van der Waals surface area contributed by atoms with E-state index in [1.165, 1.54) is 0 Å². The molecule has 0 aliphatic carbocycles. The fourth-order valence-corrected chi connectivity index (χ4v) is 3.54. The number of oxazole rings is 1. The van der Waals surface area contributed by atoms with Crippen molar-refractivity contribution < 1.29 is 13.9 Å². The van der Waals surface area contributed by atoms with Crippen LogP contribution in [-0.2, 0) is 6.42 Å². The summed E-state index contributed by atoms with van der Waals surface area (Å²) in [6.45, 7) is 2.68. The predicted molar refractivity (Wildman–Crippen MR) is 134 cm³/mol. The molecule has 0 bridgehead atoms. The first kappa shape index (κ1) is 22.8. The van der Waals surface area contributed by atoms with Crippen molar-refractivity contribution in [1.29, 1.82) is 0 Å². The quantitative estimate of drug-likeness (QED) is 0.317. The topological polar surface area (TPSA) is 76.4 Å². The highest BCUT2D eigenvalue weighted by atomic mass is 35.5. The Morgan fingerprint density at radius 1 is 1.09 bits per heavy atom. The maximum atomic E-state index is 12.4. The van der Waals surface area contributed by atoms with E-state index in [1.54, 1.807) is 36.4 Å². The van der Waals surface area contributed by atoms with Crippen LogP contribution in [0.4, 0.5) is 5.69 Å². The number of fused-ring (bicyclic) bond motifs is 1. The molecule has 0 saturated heterocycles. The molecular formula is C25H22ClN3O3S. The summed E-state index contributed by atoms with van der Waals surface area (Å²) in [7, 11) is 0. The lowest BCUT2D eigenvalue weighted by molar-refractivity contribution is 0.0977. The van der Waals surface area contributed by atoms with E-state index in [0.29, 0.717) is 35.1 Å². The number of thiocarbonyl (C=S) groups is 1. The number of hydrogen-bond acceptors (Lipinski definition) is 5. The number of carbonyl (C=O) groups excluding carboxylic acids is 1. The average molecular weight is 480 g/mol. The third-order valence-corrected chi connectivity index (χ3v) is 5.22. The Hall–Kier alpha value is -3.42. The van der Waals surface area contributed by atoms with Gasteiger partial charge in [-0.3, -0.25) is 10.1 Å². The minimum absolute atomic E-state index is 0.217. The number of benzene rings is 3. The lowest BCUT2D eigenvalue weighted by Crippen LogP contribution is -2.34. The van der Waals surface area contributed by atoms with Crippen LogP contribution in [0.5, 0.6) is 5.75 Å². The summed E-state index contributed by atoms with van der Waals surface area (Å²) < 4.78 is 11.3. The second-order valence-electron chi connectivity index (χ2n) is 7.37. The van der Waals surface area contributed by atoms with Crippen LogP contribution in [-0.4, -0.2) is 22.6 Å². The van der Waals surface area contributed by atoms with Crippen LogP contribution in [0.25, 0.3) is 11.1 Å². The largest absolute Gasteiger partial charge is 0.494 e. The minimum atomic E-state index is -0.290. The molecule has 1 heterocycles. The van der Waals surface area contributed by atoms with Crippen molar-refractivity contribution in [1.82, 2.24) is 10.3 Å². The molecule has 33 heavy (non-hydrogen) atoms. The Bertz CT molecular complexity index is 1270. The van der Waals surface area contributed by atoms with Gasteiger partial charge in [-0.1, -0.05) is 30.7 Å². The molecule has 168 valence electrons. The molecule has 0 saturated carbocycles. The van der Waals surface area contributed by atoms with Crippen molar-refractivity contribution in [2.75, 3.05) is 11.9 Å². The summed E-state index contributed by atoms with van der Waals surface area (Å²) in [6, 6.07) is 20.0. The highest BCUT2D eigenvalue weighted by molar-refractivity contribution is 7.80. The second kappa shape index (κ2) is 10.5. The minimum Gasteiger partial charge on any atom is -0.494 e. The summed E-state index contributed by atoms with van der Waals surface area (Å²) in [4.78, 5) is 16.9. The molecule has 4 aromatic rings. The number of anilines is 1. The molecule has 0 spiro atoms. The van der Waals surface area contributed by atoms with E-state index >= 15 is 0 Å². The van der Waals surface area contributed by atoms with Crippen LogP contribution in [0.15, 0.2) is 71.1 Å². The van der Waals surface area contributed by atoms with Gasteiger partial charge >= 0.3 is 0 Å². The molecule has 3 aromatic carbocycles. The molecule has 0 unspecified atom stereocenters. The van der Waals surface area contributed by atoms with Gasteiger partial charge in [0.25, 0.3) is 5.91 Å². The summed E-state index contributed by atoms with van der Waals surface area (Å²) in [5.74, 6) is 1.06. The maximum absolute atomic E-state index is 12.4. The zero-order valence-corrected chi connectivity index (χ0v) is 19.5. The normalized spacial score (nSPS) is 10.7. The van der Waals surface area contributed by atoms with Crippen LogP contribution < -0.4 is 15.4 Å². The van der Waals surface area contributed by atoms with Crippen molar-refractivity contribution >= 4 is 51.6 Å². The molecule has 0 aliphatic rings. The molecule has 0 atom stereocenters. The number of halogens is 1. The number of ether oxygens (including phenoxy) is 1. The first-order valence-corrected chi connectivity index (χ1v) is 11.3. The van der Waals surface area contributed by atoms with Gasteiger partial charge in [-0.2, -0.15) is 0 Å². The number of hydrogen-bond donors (Lipinski definition) is 2. The van der Waals surface area contributed by atoms with Gasteiger partial charge in [-0.15, -0.1) is 0 Å². The van der Waals surface area contributed by atoms with E-state index in [9.17, 15) is 4.79 Å². The highest BCUT2D eigenvalue weighted by Gasteiger charge is 2.10. The number of aromatic nitrogens is 1. The number of amides is 1. The Labute approximate surface area is 201 Å². The Kier molecular flexibility index (Phi) is 7.22. The van der Waals surface area contributed by atoms with E-state index in [2.05, 4.69) is 15.6 Å². The SMILES string of the molecule is CCCOc1ccc(C(=O)NC(=S)Nc2ccc(Cc3nc4cc(Cl)ccc4o3)cc2)cc1. The lowest BCUT2D eigenvalue weighted by Gasteiger charge is -2.10. The van der Waals surface area contributed by atoms with Crippen molar-refractivity contribution in [3.63, 3.8) is 0 Å². The van der Waals surface area contributed by atoms with Gasteiger partial charge in [-0.05, 0) is 78.8 Å². The van der Waals surface area contributed by atoms with Gasteiger partial charge in [0.05, 0.1) is 6.61 Å². The van der Waals surface area contributed by atoms with Crippen LogP contribution in [0.1, 0.15) is 35.2 Å². The van der Waals surface area contributed by atoms with E-state index in [4.69, 9.17) is 33.0 Å². The van der Waals surface area contributed by atoms with Gasteiger partial charge in [0.2, 0.25) is 0 Å². The van der Waals surface area contributed by atoms with Crippen LogP contribution in [0, 0.1) is 0 Å². The molecule has 8 heteroatoms. The van der Waals surface area contributed by atoms with Crippen molar-refractivity contribution in [3.05, 3.63) is 88.8 Å². The van der Waals surface area contributed by atoms with Crippen LogP contribution in [0.3, 0.4) is 0 Å². The summed E-state index contributed by atoms with van der Waals surface area (Å²) >= 11 is 11.3. The third kappa shape index (κ3) is 6.09. The fourth-order valence-electron chi connectivity index (χ4n) is 3.16. The zero-order chi connectivity index (χ0) is 23.2. The smallest absolute Gasteiger partial charge is 0.257 e. The molecule has 6 nitrogen and oxygen atoms in total. The van der Waals surface area contributed by atoms with Gasteiger partial charge in [0.15, 0.2) is 16.6 Å². The van der Waals surface area contributed by atoms with Crippen LogP contribution in [0.2, 0.25) is 5.02 Å². The van der Waals surface area contributed by atoms with Gasteiger partial charge in [0.1, 0.15) is 11.3 Å². The molecule has 0 fully saturated rings. The van der Waals surface area contributed by atoms with Crippen LogP contribution >= 0.6 is 23.8 Å². The Morgan fingerprint density at radius 3 is 2.58 bits per heavy atom. The standard InChI is InChI=1S/C25H22ClN3O3S/c1-2-13-31-20-10-5-17(6-11-20)24(30)29-25(33)27-19-8-3-16(4-9-19)14-23-28-21-15-18(26)7-12-22(21)32-23/h3-12,15H,2,13-14H2,1H3,(H2,27,29,30,33). The monoisotopic (exact) mass is 479 g/mol. The van der Waals surface area contributed by atoms with Gasteiger partial charge in [0, 0.05) is 22.7 Å². The predicted octanol–water partition coefficient (Wildman–Crippen LogP) is 5.99. The fraction of sp³-hybridized carbons (Fsp3) is 0.160. The Morgan fingerprint density at radius 2 is 1.85 bits per heavy atom. The molecule has 4 rings (SSSR count). The molecular weight excluding hydrogens is 458 g/mol. The zero-order valence-electron chi connectivity index (χ0n) is 17.9. The highest BCUT2D eigenvalue weighted by Crippen LogP contribution is 2.22. The van der Waals surface area contributed by atoms with Crippen molar-refractivity contribution in [2.24, 2.45) is 0 Å². The van der Waals surface area contributed by atoms with Gasteiger partial charge in [-0.25, -0.2) is 4.98 Å². The first-order valence-electron chi connectivity index (χ1n) is 10.5. The number of nitrogens with one attached hydrogen (secondary N) is 2. The number of nitrogens with zero attached hydrogens (tertiary/aromatic N) is 1. The third-order valence-electron chi connectivity index (χ3n) is 4.78. The second-order valence-corrected chi connectivity index (χ2v) is 8.22. The summed E-state index contributed by atoms with van der Waals surface area (Å²) in [5, 5.41) is 6.55. The lowest BCUT2D eigenvalue weighted by atomic mass is 10.1. The first-order chi connectivity index (χ1) is 16.0. The average Bonchev–Trinajstić information content (AvgIpc) is 3.20. The van der Waals surface area contributed by atoms with Crippen molar-refractivity contribution in [3.8, 4) is 5.75 Å². The van der Waals surface area contributed by atoms with Crippen molar-refractivity contribution in [2.45, 2.75) is 19.8 Å². The maximum Gasteiger partial charge on any atom is 0.257 e. The molecule has 0 radical (unpaired) electrons. The molecule has 0 aliphatic heterocycles. The van der Waals surface area contributed by atoms with E-state index < -0.39 is 0 Å². The number of rotatable bonds is 7. The Balaban J connectivity index is 1.31. The van der Waals surface area contributed by atoms with E-state index in [-0.39, 0.29) is 11.0 Å². The summed E-state index contributed by atoms with van der Waals surface area (Å²) in [6.07, 6.45) is 1.47. The van der Waals surface area contributed by atoms with E-state index in [1.807, 2.05) is 37.3 Å². The van der Waals surface area contributed by atoms with Gasteiger partial charge < -0.3 is 14.5 Å². The molecule has 1 aromatic heterocycles.